The van der Waals surface area contributed by atoms with E-state index in [1.165, 1.54) is 22.3 Å². The lowest BCUT2D eigenvalue weighted by Crippen LogP contribution is -1.97. The Kier molecular flexibility index (Phi) is 4.48. The highest BCUT2D eigenvalue weighted by molar-refractivity contribution is 7.99. The quantitative estimate of drug-likeness (QED) is 0.743. The summed E-state index contributed by atoms with van der Waals surface area (Å²) in [5.74, 6) is 0.308. The zero-order valence-electron chi connectivity index (χ0n) is 11.6. The van der Waals surface area contributed by atoms with Crippen LogP contribution in [0.4, 0.5) is 0 Å². The molecule has 0 bridgehead atoms. The number of benzene rings is 1. The summed E-state index contributed by atoms with van der Waals surface area (Å²) in [6, 6.07) is 6.43. The van der Waals surface area contributed by atoms with Gasteiger partial charge in [0.2, 0.25) is 0 Å². The van der Waals surface area contributed by atoms with Crippen molar-refractivity contribution in [1.82, 2.24) is 9.97 Å². The summed E-state index contributed by atoms with van der Waals surface area (Å²) in [5, 5.41) is 1.49. The third-order valence-corrected chi connectivity index (χ3v) is 4.38. The second-order valence-corrected chi connectivity index (χ2v) is 6.31. The number of aromatic nitrogens is 2. The van der Waals surface area contributed by atoms with Crippen LogP contribution in [0.3, 0.4) is 0 Å². The summed E-state index contributed by atoms with van der Waals surface area (Å²) in [6.45, 7) is 8.45. The SMILES string of the molecule is Cc1ccc(Sc2ncnc(Cl)c2C(C)C)cc1C. The molecule has 0 aliphatic heterocycles. The molecule has 0 atom stereocenters. The molecule has 0 saturated heterocycles. The van der Waals surface area contributed by atoms with Gasteiger partial charge in [0.05, 0.1) is 0 Å². The molecule has 0 spiro atoms. The molecular weight excluding hydrogens is 276 g/mol. The summed E-state index contributed by atoms with van der Waals surface area (Å²) in [5.41, 5.74) is 3.61. The molecule has 0 unspecified atom stereocenters. The van der Waals surface area contributed by atoms with Crippen LogP contribution in [0.25, 0.3) is 0 Å². The van der Waals surface area contributed by atoms with E-state index in [1.54, 1.807) is 11.8 Å². The van der Waals surface area contributed by atoms with Crippen LogP contribution in [-0.2, 0) is 0 Å². The van der Waals surface area contributed by atoms with Crippen molar-refractivity contribution in [2.75, 3.05) is 0 Å². The normalized spacial score (nSPS) is 11.1. The molecule has 0 N–H and O–H groups in total. The maximum Gasteiger partial charge on any atom is 0.137 e. The third kappa shape index (κ3) is 3.28. The summed E-state index contributed by atoms with van der Waals surface area (Å²) >= 11 is 7.83. The lowest BCUT2D eigenvalue weighted by Gasteiger charge is -2.12. The van der Waals surface area contributed by atoms with Gasteiger partial charge in [-0.15, -0.1) is 0 Å². The minimum Gasteiger partial charge on any atom is -0.229 e. The van der Waals surface area contributed by atoms with Crippen molar-refractivity contribution < 1.29 is 0 Å². The second-order valence-electron chi connectivity index (χ2n) is 4.89. The average Bonchev–Trinajstić information content (AvgIpc) is 2.33. The van der Waals surface area contributed by atoms with Gasteiger partial charge >= 0.3 is 0 Å². The van der Waals surface area contributed by atoms with E-state index < -0.39 is 0 Å². The largest absolute Gasteiger partial charge is 0.229 e. The van der Waals surface area contributed by atoms with Crippen molar-refractivity contribution >= 4 is 23.4 Å². The first kappa shape index (κ1) is 14.4. The monoisotopic (exact) mass is 292 g/mol. The van der Waals surface area contributed by atoms with E-state index in [9.17, 15) is 0 Å². The van der Waals surface area contributed by atoms with Gasteiger partial charge in [0.1, 0.15) is 16.5 Å². The average molecular weight is 293 g/mol. The van der Waals surface area contributed by atoms with Crippen molar-refractivity contribution in [1.29, 1.82) is 0 Å². The fourth-order valence-corrected chi connectivity index (χ4v) is 3.36. The summed E-state index contributed by atoms with van der Waals surface area (Å²) < 4.78 is 0. The highest BCUT2D eigenvalue weighted by Crippen LogP contribution is 2.35. The van der Waals surface area contributed by atoms with Crippen LogP contribution in [0.5, 0.6) is 0 Å². The minimum atomic E-state index is 0.308. The Hall–Kier alpha value is -1.06. The topological polar surface area (TPSA) is 25.8 Å². The molecule has 2 aromatic rings. The van der Waals surface area contributed by atoms with Gasteiger partial charge < -0.3 is 0 Å². The second kappa shape index (κ2) is 5.93. The highest BCUT2D eigenvalue weighted by Gasteiger charge is 2.14. The first-order chi connectivity index (χ1) is 8.99. The zero-order chi connectivity index (χ0) is 14.0. The molecule has 0 radical (unpaired) electrons. The molecule has 0 aliphatic rings. The molecule has 0 saturated carbocycles. The van der Waals surface area contributed by atoms with Gasteiger partial charge in [-0.1, -0.05) is 43.3 Å². The molecule has 0 fully saturated rings. The Labute approximate surface area is 123 Å². The number of rotatable bonds is 3. The van der Waals surface area contributed by atoms with Gasteiger partial charge in [-0.2, -0.15) is 0 Å². The van der Waals surface area contributed by atoms with Crippen LogP contribution < -0.4 is 0 Å². The van der Waals surface area contributed by atoms with E-state index in [2.05, 4.69) is 55.9 Å². The number of aryl methyl sites for hydroxylation is 2. The highest BCUT2D eigenvalue weighted by atomic mass is 35.5. The standard InChI is InChI=1S/C15H17ClN2S/c1-9(2)13-14(16)17-8-18-15(13)19-12-6-5-10(3)11(4)7-12/h5-9H,1-4H3. The predicted molar refractivity (Wildman–Crippen MR) is 81.2 cm³/mol. The van der Waals surface area contributed by atoms with E-state index in [1.807, 2.05) is 0 Å². The minimum absolute atomic E-state index is 0.308. The van der Waals surface area contributed by atoms with Gasteiger partial charge in [-0.25, -0.2) is 9.97 Å². The smallest absolute Gasteiger partial charge is 0.137 e. The molecule has 1 aromatic heterocycles. The van der Waals surface area contributed by atoms with Crippen molar-refractivity contribution in [3.05, 3.63) is 46.4 Å². The molecule has 2 rings (SSSR count). The number of hydrogen-bond acceptors (Lipinski definition) is 3. The summed E-state index contributed by atoms with van der Waals surface area (Å²) in [4.78, 5) is 9.63. The van der Waals surface area contributed by atoms with E-state index in [0.717, 1.165) is 10.6 Å². The molecule has 4 heteroatoms. The fraction of sp³-hybridized carbons (Fsp3) is 0.333. The molecule has 0 amide bonds. The molecule has 100 valence electrons. The van der Waals surface area contributed by atoms with E-state index >= 15 is 0 Å². The lowest BCUT2D eigenvalue weighted by molar-refractivity contribution is 0.803. The maximum atomic E-state index is 6.18. The fourth-order valence-electron chi connectivity index (χ4n) is 1.81. The Morgan fingerprint density at radius 3 is 2.47 bits per heavy atom. The van der Waals surface area contributed by atoms with Crippen LogP contribution in [0.15, 0.2) is 34.4 Å². The molecule has 19 heavy (non-hydrogen) atoms. The van der Waals surface area contributed by atoms with Crippen molar-refractivity contribution in [3.8, 4) is 0 Å². The van der Waals surface area contributed by atoms with Crippen LogP contribution in [0.1, 0.15) is 36.5 Å². The van der Waals surface area contributed by atoms with E-state index in [4.69, 9.17) is 11.6 Å². The summed E-state index contributed by atoms with van der Waals surface area (Å²) in [6.07, 6.45) is 1.53. The number of halogens is 1. The maximum absolute atomic E-state index is 6.18. The van der Waals surface area contributed by atoms with Crippen LogP contribution >= 0.6 is 23.4 Å². The van der Waals surface area contributed by atoms with Gasteiger partial charge in [0, 0.05) is 10.5 Å². The Balaban J connectivity index is 2.38. The van der Waals surface area contributed by atoms with Crippen LogP contribution in [0, 0.1) is 13.8 Å². The molecule has 1 heterocycles. The van der Waals surface area contributed by atoms with E-state index in [0.29, 0.717) is 11.1 Å². The van der Waals surface area contributed by atoms with Crippen molar-refractivity contribution in [3.63, 3.8) is 0 Å². The Morgan fingerprint density at radius 1 is 1.11 bits per heavy atom. The van der Waals surface area contributed by atoms with Crippen molar-refractivity contribution in [2.45, 2.75) is 43.5 Å². The number of nitrogens with zero attached hydrogens (tertiary/aromatic N) is 2. The van der Waals surface area contributed by atoms with Gasteiger partial charge in [-0.3, -0.25) is 0 Å². The van der Waals surface area contributed by atoms with Gasteiger partial charge in [0.25, 0.3) is 0 Å². The lowest BCUT2D eigenvalue weighted by atomic mass is 10.1. The first-order valence-corrected chi connectivity index (χ1v) is 7.44. The Bertz CT molecular complexity index is 597. The molecular formula is C15H17ClN2S. The molecule has 1 aromatic carbocycles. The zero-order valence-corrected chi connectivity index (χ0v) is 13.1. The third-order valence-electron chi connectivity index (χ3n) is 3.07. The Morgan fingerprint density at radius 2 is 1.84 bits per heavy atom. The number of hydrogen-bond donors (Lipinski definition) is 0. The van der Waals surface area contributed by atoms with Gasteiger partial charge in [0.15, 0.2) is 0 Å². The van der Waals surface area contributed by atoms with E-state index in [-0.39, 0.29) is 0 Å². The van der Waals surface area contributed by atoms with Gasteiger partial charge in [-0.05, 0) is 43.0 Å². The van der Waals surface area contributed by atoms with Crippen molar-refractivity contribution in [2.24, 2.45) is 0 Å². The predicted octanol–water partition coefficient (Wildman–Crippen LogP) is 5.02. The first-order valence-electron chi connectivity index (χ1n) is 6.24. The summed E-state index contributed by atoms with van der Waals surface area (Å²) in [7, 11) is 0. The molecule has 0 aliphatic carbocycles. The molecule has 2 nitrogen and oxygen atoms in total. The van der Waals surface area contributed by atoms with Crippen LogP contribution in [0.2, 0.25) is 5.15 Å². The van der Waals surface area contributed by atoms with Crippen LogP contribution in [-0.4, -0.2) is 9.97 Å².